The van der Waals surface area contributed by atoms with Crippen molar-refractivity contribution in [3.05, 3.63) is 23.8 Å². The molecule has 1 fully saturated rings. The molecule has 1 heterocycles. The third-order valence-corrected chi connectivity index (χ3v) is 3.32. The van der Waals surface area contributed by atoms with Crippen LogP contribution in [0.5, 0.6) is 0 Å². The van der Waals surface area contributed by atoms with Crippen LogP contribution in [0.3, 0.4) is 0 Å². The molecule has 16 heavy (non-hydrogen) atoms. The topological polar surface area (TPSA) is 38.5 Å². The number of hydrogen-bond donors (Lipinski definition) is 1. The Morgan fingerprint density at radius 3 is 3.00 bits per heavy atom. The minimum atomic E-state index is 0.521. The van der Waals surface area contributed by atoms with Crippen LogP contribution in [0.25, 0.3) is 0 Å². The first-order valence-electron chi connectivity index (χ1n) is 5.84. The Labute approximate surface area is 97.2 Å². The Morgan fingerprint density at radius 2 is 2.31 bits per heavy atom. The van der Waals surface area contributed by atoms with E-state index < -0.39 is 0 Å². The molecule has 0 spiro atoms. The van der Waals surface area contributed by atoms with Gasteiger partial charge in [-0.1, -0.05) is 0 Å². The second-order valence-electron chi connectivity index (χ2n) is 4.49. The van der Waals surface area contributed by atoms with E-state index in [0.717, 1.165) is 24.4 Å². The summed E-state index contributed by atoms with van der Waals surface area (Å²) in [6.45, 7) is 3.99. The maximum absolute atomic E-state index is 5.84. The predicted molar refractivity (Wildman–Crippen MR) is 67.8 cm³/mol. The number of anilines is 2. The molecule has 1 atom stereocenters. The number of aryl methyl sites for hydroxylation is 1. The first kappa shape index (κ1) is 11.3. The highest BCUT2D eigenvalue weighted by atomic mass is 16.5. The molecule has 1 aliphatic heterocycles. The van der Waals surface area contributed by atoms with Crippen LogP contribution >= 0.6 is 0 Å². The summed E-state index contributed by atoms with van der Waals surface area (Å²) in [5.74, 6) is 0. The summed E-state index contributed by atoms with van der Waals surface area (Å²) in [6, 6.07) is 6.79. The highest BCUT2D eigenvalue weighted by Gasteiger charge is 2.24. The van der Waals surface area contributed by atoms with Crippen molar-refractivity contribution >= 4 is 11.4 Å². The molecule has 0 aliphatic carbocycles. The van der Waals surface area contributed by atoms with Crippen LogP contribution in [0.4, 0.5) is 11.4 Å². The third kappa shape index (κ3) is 2.14. The third-order valence-electron chi connectivity index (χ3n) is 3.32. The van der Waals surface area contributed by atoms with Crippen LogP contribution in [-0.4, -0.2) is 26.3 Å². The summed E-state index contributed by atoms with van der Waals surface area (Å²) in [5, 5.41) is 0. The average molecular weight is 220 g/mol. The van der Waals surface area contributed by atoms with Crippen molar-refractivity contribution in [2.75, 3.05) is 30.9 Å². The van der Waals surface area contributed by atoms with Crippen LogP contribution in [0.1, 0.15) is 18.4 Å². The Balaban J connectivity index is 2.19. The number of rotatable bonds is 3. The highest BCUT2D eigenvalue weighted by molar-refractivity contribution is 5.58. The fraction of sp³-hybridized carbons (Fsp3) is 0.538. The molecule has 88 valence electrons. The molecule has 3 heteroatoms. The Hall–Kier alpha value is -1.22. The zero-order valence-corrected chi connectivity index (χ0v) is 10.1. The minimum absolute atomic E-state index is 0.521. The smallest absolute Gasteiger partial charge is 0.0666 e. The van der Waals surface area contributed by atoms with Gasteiger partial charge in [0.15, 0.2) is 0 Å². The Kier molecular flexibility index (Phi) is 3.34. The lowest BCUT2D eigenvalue weighted by Crippen LogP contribution is -2.32. The second kappa shape index (κ2) is 4.74. The van der Waals surface area contributed by atoms with Gasteiger partial charge in [-0.15, -0.1) is 0 Å². The zero-order chi connectivity index (χ0) is 11.5. The molecule has 0 radical (unpaired) electrons. The molecule has 0 amide bonds. The van der Waals surface area contributed by atoms with Gasteiger partial charge >= 0.3 is 0 Å². The van der Waals surface area contributed by atoms with Gasteiger partial charge in [-0.05, 0) is 43.5 Å². The van der Waals surface area contributed by atoms with Crippen LogP contribution < -0.4 is 10.6 Å². The van der Waals surface area contributed by atoms with E-state index in [9.17, 15) is 0 Å². The van der Waals surface area contributed by atoms with E-state index in [0.29, 0.717) is 6.04 Å². The summed E-state index contributed by atoms with van der Waals surface area (Å²) < 4.78 is 5.27. The summed E-state index contributed by atoms with van der Waals surface area (Å²) in [4.78, 5) is 2.43. The average Bonchev–Trinajstić information content (AvgIpc) is 2.71. The standard InChI is InChI=1S/C13H20N2O/c1-10-8-11(5-6-13(10)14)15-7-3-4-12(15)9-16-2/h5-6,8,12H,3-4,7,9,14H2,1-2H3. The van der Waals surface area contributed by atoms with Gasteiger partial charge in [0.05, 0.1) is 12.6 Å². The SMILES string of the molecule is COCC1CCCN1c1ccc(N)c(C)c1. The molecule has 2 rings (SSSR count). The monoisotopic (exact) mass is 220 g/mol. The number of nitrogens with zero attached hydrogens (tertiary/aromatic N) is 1. The minimum Gasteiger partial charge on any atom is -0.399 e. The summed E-state index contributed by atoms with van der Waals surface area (Å²) in [5.41, 5.74) is 9.13. The fourth-order valence-electron chi connectivity index (χ4n) is 2.38. The van der Waals surface area contributed by atoms with E-state index in [1.807, 2.05) is 6.07 Å². The molecule has 2 N–H and O–H groups in total. The van der Waals surface area contributed by atoms with Crippen molar-refractivity contribution in [1.29, 1.82) is 0 Å². The van der Waals surface area contributed by atoms with E-state index in [-0.39, 0.29) is 0 Å². The molecule has 1 aromatic rings. The van der Waals surface area contributed by atoms with Crippen molar-refractivity contribution in [1.82, 2.24) is 0 Å². The van der Waals surface area contributed by atoms with E-state index in [4.69, 9.17) is 10.5 Å². The highest BCUT2D eigenvalue weighted by Crippen LogP contribution is 2.28. The van der Waals surface area contributed by atoms with Gasteiger partial charge < -0.3 is 15.4 Å². The van der Waals surface area contributed by atoms with E-state index >= 15 is 0 Å². The molecule has 1 aliphatic rings. The predicted octanol–water partition coefficient (Wildman–Crippen LogP) is 2.19. The maximum Gasteiger partial charge on any atom is 0.0666 e. The lowest BCUT2D eigenvalue weighted by molar-refractivity contribution is 0.181. The number of nitrogen functional groups attached to an aromatic ring is 1. The number of methoxy groups -OCH3 is 1. The first-order chi connectivity index (χ1) is 7.72. The largest absolute Gasteiger partial charge is 0.399 e. The number of nitrogens with two attached hydrogens (primary N) is 1. The number of benzene rings is 1. The van der Waals surface area contributed by atoms with Gasteiger partial charge in [0, 0.05) is 25.0 Å². The van der Waals surface area contributed by atoms with E-state index in [1.165, 1.54) is 18.5 Å². The molecule has 3 nitrogen and oxygen atoms in total. The van der Waals surface area contributed by atoms with Crippen LogP contribution in [0.15, 0.2) is 18.2 Å². The molecular weight excluding hydrogens is 200 g/mol. The van der Waals surface area contributed by atoms with Crippen LogP contribution in [0.2, 0.25) is 0 Å². The van der Waals surface area contributed by atoms with Gasteiger partial charge in [-0.25, -0.2) is 0 Å². The van der Waals surface area contributed by atoms with Gasteiger partial charge in [0.25, 0.3) is 0 Å². The van der Waals surface area contributed by atoms with Crippen molar-refractivity contribution in [2.45, 2.75) is 25.8 Å². The van der Waals surface area contributed by atoms with Gasteiger partial charge in [0.1, 0.15) is 0 Å². The van der Waals surface area contributed by atoms with Gasteiger partial charge in [-0.2, -0.15) is 0 Å². The van der Waals surface area contributed by atoms with Crippen molar-refractivity contribution in [3.8, 4) is 0 Å². The summed E-state index contributed by atoms with van der Waals surface area (Å²) >= 11 is 0. The normalized spacial score (nSPS) is 20.4. The Bertz CT molecular complexity index is 365. The lowest BCUT2D eigenvalue weighted by atomic mass is 10.1. The number of hydrogen-bond acceptors (Lipinski definition) is 3. The van der Waals surface area contributed by atoms with Gasteiger partial charge in [-0.3, -0.25) is 0 Å². The first-order valence-corrected chi connectivity index (χ1v) is 5.84. The second-order valence-corrected chi connectivity index (χ2v) is 4.49. The fourth-order valence-corrected chi connectivity index (χ4v) is 2.38. The van der Waals surface area contributed by atoms with E-state index in [2.05, 4.69) is 24.0 Å². The quantitative estimate of drug-likeness (QED) is 0.794. The van der Waals surface area contributed by atoms with Crippen LogP contribution in [0, 0.1) is 6.92 Å². The molecular formula is C13H20N2O. The molecule has 0 aromatic heterocycles. The molecule has 1 aromatic carbocycles. The number of ether oxygens (including phenoxy) is 1. The van der Waals surface area contributed by atoms with Crippen molar-refractivity contribution < 1.29 is 4.74 Å². The molecule has 1 unspecified atom stereocenters. The van der Waals surface area contributed by atoms with Gasteiger partial charge in [0.2, 0.25) is 0 Å². The van der Waals surface area contributed by atoms with Crippen molar-refractivity contribution in [3.63, 3.8) is 0 Å². The van der Waals surface area contributed by atoms with Crippen LogP contribution in [-0.2, 0) is 4.74 Å². The van der Waals surface area contributed by atoms with E-state index in [1.54, 1.807) is 7.11 Å². The Morgan fingerprint density at radius 1 is 1.50 bits per heavy atom. The lowest BCUT2D eigenvalue weighted by Gasteiger charge is -2.26. The maximum atomic E-state index is 5.84. The van der Waals surface area contributed by atoms with Crippen molar-refractivity contribution in [2.24, 2.45) is 0 Å². The summed E-state index contributed by atoms with van der Waals surface area (Å²) in [6.07, 6.45) is 2.47. The zero-order valence-electron chi connectivity index (χ0n) is 10.1. The molecule has 1 saturated heterocycles. The molecule has 0 bridgehead atoms. The summed E-state index contributed by atoms with van der Waals surface area (Å²) in [7, 11) is 1.77. The molecule has 0 saturated carbocycles.